The lowest BCUT2D eigenvalue weighted by molar-refractivity contribution is 0.372. The summed E-state index contributed by atoms with van der Waals surface area (Å²) in [6.07, 6.45) is 0. The Labute approximate surface area is 153 Å². The third-order valence-electron chi connectivity index (χ3n) is 4.57. The van der Waals surface area contributed by atoms with Crippen LogP contribution in [0.15, 0.2) is 29.3 Å². The van der Waals surface area contributed by atoms with E-state index in [4.69, 9.17) is 11.6 Å². The number of anilines is 1. The molecule has 25 heavy (non-hydrogen) atoms. The van der Waals surface area contributed by atoms with Crippen molar-refractivity contribution in [3.05, 3.63) is 40.9 Å². The van der Waals surface area contributed by atoms with Crippen LogP contribution in [0.2, 0.25) is 5.02 Å². The number of hydrogen-bond acceptors (Lipinski definition) is 4. The van der Waals surface area contributed by atoms with Gasteiger partial charge in [0.1, 0.15) is 5.82 Å². The van der Waals surface area contributed by atoms with Gasteiger partial charge in [0.15, 0.2) is 11.8 Å². The fourth-order valence-corrected chi connectivity index (χ4v) is 3.22. The summed E-state index contributed by atoms with van der Waals surface area (Å²) >= 11 is 6.31. The molecule has 0 radical (unpaired) electrons. The summed E-state index contributed by atoms with van der Waals surface area (Å²) in [6, 6.07) is 7.99. The third-order valence-corrected chi connectivity index (χ3v) is 4.89. The minimum atomic E-state index is 0.606. The van der Waals surface area contributed by atoms with E-state index in [1.807, 2.05) is 43.8 Å². The first kappa shape index (κ1) is 17.5. The quantitative estimate of drug-likeness (QED) is 0.665. The van der Waals surface area contributed by atoms with Crippen molar-refractivity contribution in [3.63, 3.8) is 0 Å². The molecule has 1 aromatic carbocycles. The number of aromatic nitrogens is 3. The van der Waals surface area contributed by atoms with E-state index in [1.165, 1.54) is 0 Å². The molecular formula is C17H24ClN7. The third kappa shape index (κ3) is 3.87. The number of piperazine rings is 1. The second-order valence-electron chi connectivity index (χ2n) is 6.05. The van der Waals surface area contributed by atoms with Crippen molar-refractivity contribution in [2.75, 3.05) is 38.1 Å². The van der Waals surface area contributed by atoms with Crippen LogP contribution in [0.3, 0.4) is 0 Å². The summed E-state index contributed by atoms with van der Waals surface area (Å²) < 4.78 is 1.98. The Bertz CT molecular complexity index is 747. The number of benzene rings is 1. The zero-order chi connectivity index (χ0) is 17.8. The van der Waals surface area contributed by atoms with Crippen molar-refractivity contribution in [2.24, 2.45) is 12.0 Å². The molecule has 0 saturated carbocycles. The molecule has 1 aliphatic heterocycles. The molecule has 1 fully saturated rings. The number of nitrogens with zero attached hydrogens (tertiary/aromatic N) is 6. The van der Waals surface area contributed by atoms with Crippen molar-refractivity contribution in [1.82, 2.24) is 25.0 Å². The second-order valence-corrected chi connectivity index (χ2v) is 6.46. The van der Waals surface area contributed by atoms with Gasteiger partial charge in [0.05, 0.1) is 17.3 Å². The lowest BCUT2D eigenvalue weighted by Crippen LogP contribution is -2.52. The fourth-order valence-electron chi connectivity index (χ4n) is 2.96. The second kappa shape index (κ2) is 7.74. The maximum atomic E-state index is 6.31. The molecule has 0 bridgehead atoms. The van der Waals surface area contributed by atoms with Gasteiger partial charge in [0.25, 0.3) is 0 Å². The minimum absolute atomic E-state index is 0.606. The lowest BCUT2D eigenvalue weighted by atomic mass is 10.2. The van der Waals surface area contributed by atoms with Gasteiger partial charge < -0.3 is 19.7 Å². The molecule has 0 unspecified atom stereocenters. The Balaban J connectivity index is 1.57. The smallest absolute Gasteiger partial charge is 0.194 e. The summed E-state index contributed by atoms with van der Waals surface area (Å²) in [5.74, 6) is 2.69. The van der Waals surface area contributed by atoms with Gasteiger partial charge in [-0.05, 0) is 19.1 Å². The van der Waals surface area contributed by atoms with Crippen molar-refractivity contribution >= 4 is 23.2 Å². The molecule has 2 heterocycles. The van der Waals surface area contributed by atoms with Gasteiger partial charge in [-0.25, -0.2) is 0 Å². The highest BCUT2D eigenvalue weighted by Gasteiger charge is 2.21. The van der Waals surface area contributed by atoms with E-state index in [-0.39, 0.29) is 0 Å². The van der Waals surface area contributed by atoms with Crippen molar-refractivity contribution < 1.29 is 0 Å². The van der Waals surface area contributed by atoms with Gasteiger partial charge in [0.2, 0.25) is 0 Å². The number of nitrogens with one attached hydrogen (secondary N) is 1. The number of guanidine groups is 1. The van der Waals surface area contributed by atoms with Crippen LogP contribution in [-0.4, -0.2) is 58.9 Å². The molecule has 3 rings (SSSR count). The Morgan fingerprint density at radius 2 is 1.92 bits per heavy atom. The molecule has 0 atom stereocenters. The number of aryl methyl sites for hydroxylation is 1. The summed E-state index contributed by atoms with van der Waals surface area (Å²) in [5, 5.41) is 12.5. The number of para-hydroxylation sites is 1. The summed E-state index contributed by atoms with van der Waals surface area (Å²) in [7, 11) is 3.78. The number of halogens is 1. The molecule has 8 heteroatoms. The Morgan fingerprint density at radius 3 is 2.52 bits per heavy atom. The van der Waals surface area contributed by atoms with Crippen LogP contribution in [-0.2, 0) is 13.6 Å². The Kier molecular flexibility index (Phi) is 5.43. The van der Waals surface area contributed by atoms with Crippen molar-refractivity contribution in [3.8, 4) is 0 Å². The van der Waals surface area contributed by atoms with Crippen LogP contribution in [0.25, 0.3) is 0 Å². The Hall–Kier alpha value is -2.28. The summed E-state index contributed by atoms with van der Waals surface area (Å²) in [6.45, 7) is 6.15. The van der Waals surface area contributed by atoms with Crippen LogP contribution in [0, 0.1) is 6.92 Å². The van der Waals surface area contributed by atoms with Gasteiger partial charge in [0, 0.05) is 40.3 Å². The molecule has 0 spiro atoms. The van der Waals surface area contributed by atoms with Crippen LogP contribution in [0.4, 0.5) is 5.69 Å². The van der Waals surface area contributed by atoms with E-state index in [0.717, 1.165) is 54.5 Å². The number of rotatable bonds is 3. The normalized spacial score (nSPS) is 15.6. The average molecular weight is 362 g/mol. The molecule has 1 aliphatic rings. The minimum Gasteiger partial charge on any atom is -0.367 e. The molecule has 1 saturated heterocycles. The lowest BCUT2D eigenvalue weighted by Gasteiger charge is -2.38. The first-order valence-electron chi connectivity index (χ1n) is 8.40. The van der Waals surface area contributed by atoms with E-state index in [2.05, 4.69) is 36.4 Å². The highest BCUT2D eigenvalue weighted by Crippen LogP contribution is 2.25. The molecule has 0 aliphatic carbocycles. The largest absolute Gasteiger partial charge is 0.367 e. The average Bonchev–Trinajstić information content (AvgIpc) is 2.95. The SMILES string of the molecule is CN=C(NCc1nnc(C)n1C)N1CCN(c2ccccc2Cl)CC1. The molecule has 7 nitrogen and oxygen atoms in total. The zero-order valence-electron chi connectivity index (χ0n) is 14.9. The van der Waals surface area contributed by atoms with Gasteiger partial charge in [-0.15, -0.1) is 10.2 Å². The van der Waals surface area contributed by atoms with Gasteiger partial charge >= 0.3 is 0 Å². The van der Waals surface area contributed by atoms with E-state index < -0.39 is 0 Å². The fraction of sp³-hybridized carbons (Fsp3) is 0.471. The molecule has 134 valence electrons. The summed E-state index contributed by atoms with van der Waals surface area (Å²) in [4.78, 5) is 8.99. The molecular weight excluding hydrogens is 338 g/mol. The van der Waals surface area contributed by atoms with Gasteiger partial charge in [-0.3, -0.25) is 4.99 Å². The maximum Gasteiger partial charge on any atom is 0.194 e. The van der Waals surface area contributed by atoms with E-state index in [9.17, 15) is 0 Å². The number of aliphatic imine (C=N–C) groups is 1. The van der Waals surface area contributed by atoms with Crippen molar-refractivity contribution in [2.45, 2.75) is 13.5 Å². The first-order valence-corrected chi connectivity index (χ1v) is 8.78. The van der Waals surface area contributed by atoms with E-state index in [0.29, 0.717) is 6.54 Å². The highest BCUT2D eigenvalue weighted by molar-refractivity contribution is 6.33. The molecule has 2 aromatic rings. The van der Waals surface area contributed by atoms with Crippen LogP contribution in [0.1, 0.15) is 11.6 Å². The predicted molar refractivity (Wildman–Crippen MR) is 101 cm³/mol. The summed E-state index contributed by atoms with van der Waals surface area (Å²) in [5.41, 5.74) is 1.10. The van der Waals surface area contributed by atoms with Crippen molar-refractivity contribution in [1.29, 1.82) is 0 Å². The van der Waals surface area contributed by atoms with Crippen LogP contribution < -0.4 is 10.2 Å². The number of hydrogen-bond donors (Lipinski definition) is 1. The van der Waals surface area contributed by atoms with E-state index in [1.54, 1.807) is 0 Å². The molecule has 0 amide bonds. The topological polar surface area (TPSA) is 61.6 Å². The molecule has 1 aromatic heterocycles. The van der Waals surface area contributed by atoms with Crippen LogP contribution >= 0.6 is 11.6 Å². The first-order chi connectivity index (χ1) is 12.1. The van der Waals surface area contributed by atoms with Gasteiger partial charge in [-0.1, -0.05) is 23.7 Å². The van der Waals surface area contributed by atoms with Crippen LogP contribution in [0.5, 0.6) is 0 Å². The monoisotopic (exact) mass is 361 g/mol. The zero-order valence-corrected chi connectivity index (χ0v) is 15.7. The molecule has 1 N–H and O–H groups in total. The van der Waals surface area contributed by atoms with Gasteiger partial charge in [-0.2, -0.15) is 0 Å². The maximum absolute atomic E-state index is 6.31. The predicted octanol–water partition coefficient (Wildman–Crippen LogP) is 1.67. The van der Waals surface area contributed by atoms with E-state index >= 15 is 0 Å². The Morgan fingerprint density at radius 1 is 1.20 bits per heavy atom. The standard InChI is InChI=1S/C17H24ClN7/c1-13-21-22-16(23(13)3)12-20-17(19-2)25-10-8-24(9-11-25)15-7-5-4-6-14(15)18/h4-7H,8-12H2,1-3H3,(H,19,20). The highest BCUT2D eigenvalue weighted by atomic mass is 35.5.